The molecule has 3 aromatic carbocycles. The number of carbonyl (C=O) groups is 3. The molecule has 0 aromatic heterocycles. The number of rotatable bonds is 7. The van der Waals surface area contributed by atoms with Crippen LogP contribution in [-0.4, -0.2) is 31.4 Å². The number of hydrazine groups is 1. The molecule has 8 nitrogen and oxygen atoms in total. The van der Waals surface area contributed by atoms with Gasteiger partial charge in [0.15, 0.2) is 18.1 Å². The van der Waals surface area contributed by atoms with E-state index in [0.29, 0.717) is 11.4 Å². The molecule has 4 rings (SSSR count). The zero-order valence-electron chi connectivity index (χ0n) is 18.4. The molecule has 35 heavy (non-hydrogen) atoms. The van der Waals surface area contributed by atoms with E-state index in [1.807, 2.05) is 0 Å². The van der Waals surface area contributed by atoms with E-state index < -0.39 is 30.1 Å². The lowest BCUT2D eigenvalue weighted by atomic mass is 10.1. The van der Waals surface area contributed by atoms with Gasteiger partial charge in [0.25, 0.3) is 17.7 Å². The number of methoxy groups -OCH3 is 1. The van der Waals surface area contributed by atoms with Crippen molar-refractivity contribution in [3.8, 4) is 11.5 Å². The zero-order valence-corrected chi connectivity index (χ0v) is 19.1. The van der Waals surface area contributed by atoms with Crippen molar-refractivity contribution in [2.45, 2.75) is 0 Å². The standard InChI is InChI=1S/C25H19ClFN3O5/c1-34-21-13-16(26)11-15(23(21)35-14-22(31)28-18-9-7-17(27)8-10-18)12-20-24(32)29-30(25(20)33)19-5-3-2-4-6-19/h2-13H,14H2,1H3,(H,28,31)(H,29,32). The van der Waals surface area contributed by atoms with Gasteiger partial charge in [0.2, 0.25) is 0 Å². The Morgan fingerprint density at radius 3 is 2.51 bits per heavy atom. The lowest BCUT2D eigenvalue weighted by molar-refractivity contribution is -0.118. The average molecular weight is 496 g/mol. The van der Waals surface area contributed by atoms with Crippen molar-refractivity contribution in [3.63, 3.8) is 0 Å². The van der Waals surface area contributed by atoms with Crippen molar-refractivity contribution in [1.82, 2.24) is 5.43 Å². The molecule has 0 spiro atoms. The quantitative estimate of drug-likeness (QED) is 0.382. The third-order valence-electron chi connectivity index (χ3n) is 4.95. The van der Waals surface area contributed by atoms with Gasteiger partial charge in [0, 0.05) is 22.3 Å². The largest absolute Gasteiger partial charge is 0.493 e. The summed E-state index contributed by atoms with van der Waals surface area (Å²) in [5.41, 5.74) is 3.50. The summed E-state index contributed by atoms with van der Waals surface area (Å²) in [5, 5.41) is 3.98. The van der Waals surface area contributed by atoms with Gasteiger partial charge in [-0.1, -0.05) is 29.8 Å². The van der Waals surface area contributed by atoms with Crippen LogP contribution in [-0.2, 0) is 14.4 Å². The van der Waals surface area contributed by atoms with Gasteiger partial charge in [-0.25, -0.2) is 9.40 Å². The first kappa shape index (κ1) is 23.8. The first-order valence-corrected chi connectivity index (χ1v) is 10.7. The van der Waals surface area contributed by atoms with Crippen molar-refractivity contribution in [2.75, 3.05) is 24.0 Å². The Hall–Kier alpha value is -4.37. The smallest absolute Gasteiger partial charge is 0.282 e. The summed E-state index contributed by atoms with van der Waals surface area (Å²) >= 11 is 6.20. The van der Waals surface area contributed by atoms with Crippen LogP contribution >= 0.6 is 11.6 Å². The SMILES string of the molecule is COc1cc(Cl)cc(C=C2C(=O)NN(c3ccccc3)C2=O)c1OCC(=O)Nc1ccc(F)cc1. The fourth-order valence-electron chi connectivity index (χ4n) is 3.34. The molecule has 3 amide bonds. The summed E-state index contributed by atoms with van der Waals surface area (Å²) in [6.07, 6.45) is 1.32. The molecule has 10 heteroatoms. The molecule has 0 atom stereocenters. The van der Waals surface area contributed by atoms with Crippen molar-refractivity contribution in [2.24, 2.45) is 0 Å². The van der Waals surface area contributed by atoms with E-state index in [9.17, 15) is 18.8 Å². The first-order chi connectivity index (χ1) is 16.9. The van der Waals surface area contributed by atoms with Crippen LogP contribution in [0.5, 0.6) is 11.5 Å². The van der Waals surface area contributed by atoms with E-state index in [-0.39, 0.29) is 27.7 Å². The van der Waals surface area contributed by atoms with Crippen LogP contribution in [0.2, 0.25) is 5.02 Å². The second kappa shape index (κ2) is 10.3. The van der Waals surface area contributed by atoms with Crippen LogP contribution in [0.3, 0.4) is 0 Å². The van der Waals surface area contributed by atoms with Gasteiger partial charge in [0.05, 0.1) is 12.8 Å². The molecular formula is C25H19ClFN3O5. The van der Waals surface area contributed by atoms with E-state index in [4.69, 9.17) is 21.1 Å². The second-order valence-electron chi connectivity index (χ2n) is 7.35. The highest BCUT2D eigenvalue weighted by Gasteiger charge is 2.34. The van der Waals surface area contributed by atoms with E-state index in [1.54, 1.807) is 30.3 Å². The molecule has 1 aliphatic rings. The van der Waals surface area contributed by atoms with Crippen LogP contribution < -0.4 is 25.2 Å². The highest BCUT2D eigenvalue weighted by atomic mass is 35.5. The fourth-order valence-corrected chi connectivity index (χ4v) is 3.56. The first-order valence-electron chi connectivity index (χ1n) is 10.3. The summed E-state index contributed by atoms with van der Waals surface area (Å²) in [4.78, 5) is 37.9. The van der Waals surface area contributed by atoms with E-state index in [0.717, 1.165) is 5.01 Å². The molecular weight excluding hydrogens is 477 g/mol. The molecule has 1 heterocycles. The predicted octanol–water partition coefficient (Wildman–Crippen LogP) is 3.97. The normalized spacial score (nSPS) is 14.1. The van der Waals surface area contributed by atoms with Gasteiger partial charge in [-0.15, -0.1) is 0 Å². The van der Waals surface area contributed by atoms with Crippen molar-refractivity contribution in [3.05, 3.63) is 88.7 Å². The Morgan fingerprint density at radius 1 is 1.11 bits per heavy atom. The number of hydrogen-bond donors (Lipinski definition) is 2. The van der Waals surface area contributed by atoms with E-state index >= 15 is 0 Å². The molecule has 1 fully saturated rings. The van der Waals surface area contributed by atoms with Gasteiger partial charge in [0.1, 0.15) is 11.4 Å². The predicted molar refractivity (Wildman–Crippen MR) is 129 cm³/mol. The van der Waals surface area contributed by atoms with Gasteiger partial charge >= 0.3 is 0 Å². The topological polar surface area (TPSA) is 97.0 Å². The number of carbonyl (C=O) groups excluding carboxylic acids is 3. The number of para-hydroxylation sites is 1. The average Bonchev–Trinajstić information content (AvgIpc) is 3.13. The molecule has 0 saturated carbocycles. The summed E-state index contributed by atoms with van der Waals surface area (Å²) in [6, 6.07) is 16.8. The Labute approximate surface area is 204 Å². The number of nitrogens with zero attached hydrogens (tertiary/aromatic N) is 1. The third-order valence-corrected chi connectivity index (χ3v) is 5.17. The molecule has 1 aliphatic heterocycles. The number of ether oxygens (including phenoxy) is 2. The second-order valence-corrected chi connectivity index (χ2v) is 7.78. The van der Waals surface area contributed by atoms with Gasteiger partial charge in [-0.3, -0.25) is 19.8 Å². The summed E-state index contributed by atoms with van der Waals surface area (Å²) < 4.78 is 24.1. The van der Waals surface area contributed by atoms with Crippen LogP contribution in [0, 0.1) is 5.82 Å². The minimum atomic E-state index is -0.613. The molecule has 3 aromatic rings. The van der Waals surface area contributed by atoms with Crippen molar-refractivity contribution < 1.29 is 28.2 Å². The summed E-state index contributed by atoms with van der Waals surface area (Å²) in [6.45, 7) is -0.429. The Bertz CT molecular complexity index is 1310. The summed E-state index contributed by atoms with van der Waals surface area (Å²) in [5.74, 6) is -1.82. The highest BCUT2D eigenvalue weighted by molar-refractivity contribution is 6.32. The van der Waals surface area contributed by atoms with Gasteiger partial charge in [-0.05, 0) is 48.5 Å². The van der Waals surface area contributed by atoms with Crippen LogP contribution in [0.4, 0.5) is 15.8 Å². The molecule has 0 radical (unpaired) electrons. The van der Waals surface area contributed by atoms with E-state index in [2.05, 4.69) is 10.7 Å². The Kier molecular flexibility index (Phi) is 6.98. The maximum absolute atomic E-state index is 13.1. The number of nitrogens with one attached hydrogen (secondary N) is 2. The maximum atomic E-state index is 13.1. The van der Waals surface area contributed by atoms with Crippen LogP contribution in [0.15, 0.2) is 72.3 Å². The summed E-state index contributed by atoms with van der Waals surface area (Å²) in [7, 11) is 1.39. The Morgan fingerprint density at radius 2 is 1.83 bits per heavy atom. The maximum Gasteiger partial charge on any atom is 0.282 e. The fraction of sp³-hybridized carbons (Fsp3) is 0.0800. The van der Waals surface area contributed by atoms with Gasteiger partial charge in [-0.2, -0.15) is 0 Å². The highest BCUT2D eigenvalue weighted by Crippen LogP contribution is 2.37. The number of hydrogen-bond acceptors (Lipinski definition) is 5. The molecule has 0 bridgehead atoms. The minimum absolute atomic E-state index is 0.109. The van der Waals surface area contributed by atoms with Crippen LogP contribution in [0.25, 0.3) is 6.08 Å². The number of halogens is 2. The zero-order chi connectivity index (χ0) is 24.9. The molecule has 178 valence electrons. The van der Waals surface area contributed by atoms with Crippen molar-refractivity contribution in [1.29, 1.82) is 0 Å². The number of benzene rings is 3. The van der Waals surface area contributed by atoms with Crippen molar-refractivity contribution >= 4 is 46.8 Å². The molecule has 2 N–H and O–H groups in total. The third kappa shape index (κ3) is 5.42. The number of anilines is 2. The minimum Gasteiger partial charge on any atom is -0.493 e. The number of amides is 3. The monoisotopic (exact) mass is 495 g/mol. The molecule has 1 saturated heterocycles. The molecule has 0 unspecified atom stereocenters. The molecule has 0 aliphatic carbocycles. The van der Waals surface area contributed by atoms with Gasteiger partial charge < -0.3 is 14.8 Å². The Balaban J connectivity index is 1.59. The van der Waals surface area contributed by atoms with E-state index in [1.165, 1.54) is 49.6 Å². The van der Waals surface area contributed by atoms with Crippen LogP contribution in [0.1, 0.15) is 5.56 Å². The lowest BCUT2D eigenvalue weighted by Gasteiger charge is -2.15. The lowest BCUT2D eigenvalue weighted by Crippen LogP contribution is -2.35.